The highest BCUT2D eigenvalue weighted by Crippen LogP contribution is 2.01. The molecule has 0 aliphatic heterocycles. The van der Waals surface area contributed by atoms with E-state index in [0.29, 0.717) is 13.0 Å². The molecule has 5 heteroatoms. The van der Waals surface area contributed by atoms with Gasteiger partial charge in [0.05, 0.1) is 5.69 Å². The van der Waals surface area contributed by atoms with Gasteiger partial charge in [0.15, 0.2) is 0 Å². The van der Waals surface area contributed by atoms with E-state index in [2.05, 4.69) is 15.8 Å². The lowest BCUT2D eigenvalue weighted by Gasteiger charge is -2.08. The fraction of sp³-hybridized carbons (Fsp3) is 0.600. The highest BCUT2D eigenvalue weighted by Gasteiger charge is 2.03. The summed E-state index contributed by atoms with van der Waals surface area (Å²) in [6.07, 6.45) is 0.659. The minimum atomic E-state index is -0.152. The van der Waals surface area contributed by atoms with Gasteiger partial charge < -0.3 is 15.2 Å². The van der Waals surface area contributed by atoms with Crippen LogP contribution in [0.3, 0.4) is 0 Å². The molecule has 5 nitrogen and oxygen atoms in total. The summed E-state index contributed by atoms with van der Waals surface area (Å²) in [6, 6.07) is 1.86. The summed E-state index contributed by atoms with van der Waals surface area (Å²) in [5, 5.41) is 9.23. The molecule has 0 atom stereocenters. The third-order valence-corrected chi connectivity index (χ3v) is 1.75. The summed E-state index contributed by atoms with van der Waals surface area (Å²) >= 11 is 0. The monoisotopic (exact) mass is 211 g/mol. The Labute approximate surface area is 89.2 Å². The standard InChI is InChI=1S/C10H17N3O2/c1-7(2)12-10(14)11-5-4-9-6-8(3)13-15-9/h6-7H,4-5H2,1-3H3,(H2,11,12,14). The molecule has 1 aromatic rings. The van der Waals surface area contributed by atoms with Crippen LogP contribution in [-0.2, 0) is 6.42 Å². The number of carbonyl (C=O) groups excluding carboxylic acids is 1. The van der Waals surface area contributed by atoms with E-state index in [-0.39, 0.29) is 12.1 Å². The van der Waals surface area contributed by atoms with Crippen molar-refractivity contribution in [2.24, 2.45) is 0 Å². The molecule has 0 radical (unpaired) electrons. The Morgan fingerprint density at radius 1 is 1.60 bits per heavy atom. The zero-order valence-corrected chi connectivity index (χ0v) is 9.33. The fourth-order valence-electron chi connectivity index (χ4n) is 1.15. The van der Waals surface area contributed by atoms with Gasteiger partial charge in [-0.05, 0) is 20.8 Å². The van der Waals surface area contributed by atoms with Gasteiger partial charge in [-0.25, -0.2) is 4.79 Å². The van der Waals surface area contributed by atoms with Gasteiger partial charge in [-0.3, -0.25) is 0 Å². The first kappa shape index (κ1) is 11.6. The minimum Gasteiger partial charge on any atom is -0.361 e. The van der Waals surface area contributed by atoms with Crippen molar-refractivity contribution in [3.63, 3.8) is 0 Å². The van der Waals surface area contributed by atoms with Crippen LogP contribution in [0.4, 0.5) is 4.79 Å². The van der Waals surface area contributed by atoms with Crippen LogP contribution in [-0.4, -0.2) is 23.8 Å². The fourth-order valence-corrected chi connectivity index (χ4v) is 1.15. The second kappa shape index (κ2) is 5.38. The van der Waals surface area contributed by atoms with E-state index in [0.717, 1.165) is 11.5 Å². The highest BCUT2D eigenvalue weighted by atomic mass is 16.5. The first-order chi connectivity index (χ1) is 7.08. The molecule has 0 unspecified atom stereocenters. The van der Waals surface area contributed by atoms with E-state index in [1.54, 1.807) is 0 Å². The molecule has 0 saturated heterocycles. The molecule has 0 aliphatic rings. The maximum atomic E-state index is 11.2. The van der Waals surface area contributed by atoms with Crippen LogP contribution in [0.25, 0.3) is 0 Å². The summed E-state index contributed by atoms with van der Waals surface area (Å²) in [7, 11) is 0. The van der Waals surface area contributed by atoms with E-state index in [4.69, 9.17) is 4.52 Å². The number of aromatic nitrogens is 1. The second-order valence-electron chi connectivity index (χ2n) is 3.74. The maximum Gasteiger partial charge on any atom is 0.314 e. The largest absolute Gasteiger partial charge is 0.361 e. The predicted molar refractivity (Wildman–Crippen MR) is 56.6 cm³/mol. The van der Waals surface area contributed by atoms with Crippen LogP contribution in [0.5, 0.6) is 0 Å². The molecule has 0 spiro atoms. The SMILES string of the molecule is Cc1cc(CCNC(=O)NC(C)C)on1. The van der Waals surface area contributed by atoms with E-state index in [1.807, 2.05) is 26.8 Å². The van der Waals surface area contributed by atoms with Crippen molar-refractivity contribution in [2.75, 3.05) is 6.54 Å². The number of aryl methyl sites for hydroxylation is 1. The van der Waals surface area contributed by atoms with Crippen LogP contribution >= 0.6 is 0 Å². The van der Waals surface area contributed by atoms with Gasteiger partial charge in [-0.1, -0.05) is 5.16 Å². The third kappa shape index (κ3) is 4.49. The Kier molecular flexibility index (Phi) is 4.15. The van der Waals surface area contributed by atoms with Gasteiger partial charge in [0, 0.05) is 25.1 Å². The van der Waals surface area contributed by atoms with Crippen molar-refractivity contribution >= 4 is 6.03 Å². The minimum absolute atomic E-state index is 0.150. The number of rotatable bonds is 4. The normalized spacial score (nSPS) is 10.4. The summed E-state index contributed by atoms with van der Waals surface area (Å²) in [5.41, 5.74) is 0.858. The Bertz CT molecular complexity index is 320. The molecule has 1 rings (SSSR count). The lowest BCUT2D eigenvalue weighted by atomic mass is 10.3. The van der Waals surface area contributed by atoms with Crippen LogP contribution in [0.1, 0.15) is 25.3 Å². The second-order valence-corrected chi connectivity index (χ2v) is 3.74. The van der Waals surface area contributed by atoms with Crippen molar-refractivity contribution < 1.29 is 9.32 Å². The number of urea groups is 1. The summed E-state index contributed by atoms with van der Waals surface area (Å²) in [5.74, 6) is 0.789. The molecule has 0 fully saturated rings. The number of hydrogen-bond acceptors (Lipinski definition) is 3. The summed E-state index contributed by atoms with van der Waals surface area (Å²) in [4.78, 5) is 11.2. The van der Waals surface area contributed by atoms with E-state index in [1.165, 1.54) is 0 Å². The number of hydrogen-bond donors (Lipinski definition) is 2. The molecular formula is C10H17N3O2. The number of amides is 2. The molecular weight excluding hydrogens is 194 g/mol. The molecule has 15 heavy (non-hydrogen) atoms. The van der Waals surface area contributed by atoms with Gasteiger partial charge in [-0.15, -0.1) is 0 Å². The van der Waals surface area contributed by atoms with E-state index < -0.39 is 0 Å². The Balaban J connectivity index is 2.19. The molecule has 0 aromatic carbocycles. The average molecular weight is 211 g/mol. The predicted octanol–water partition coefficient (Wildman–Crippen LogP) is 1.23. The molecule has 1 aromatic heterocycles. The van der Waals surface area contributed by atoms with Crippen molar-refractivity contribution in [1.82, 2.24) is 15.8 Å². The molecule has 2 N–H and O–H groups in total. The number of carbonyl (C=O) groups is 1. The molecule has 2 amide bonds. The molecule has 0 aliphatic carbocycles. The Morgan fingerprint density at radius 2 is 2.33 bits per heavy atom. The van der Waals surface area contributed by atoms with Crippen LogP contribution < -0.4 is 10.6 Å². The summed E-state index contributed by atoms with van der Waals surface area (Å²) in [6.45, 7) is 6.25. The quantitative estimate of drug-likeness (QED) is 0.787. The average Bonchev–Trinajstić information content (AvgIpc) is 2.50. The lowest BCUT2D eigenvalue weighted by Crippen LogP contribution is -2.40. The first-order valence-electron chi connectivity index (χ1n) is 5.04. The van der Waals surface area contributed by atoms with Crippen LogP contribution in [0.2, 0.25) is 0 Å². The highest BCUT2D eigenvalue weighted by molar-refractivity contribution is 5.74. The van der Waals surface area contributed by atoms with Gasteiger partial charge in [0.1, 0.15) is 5.76 Å². The molecule has 84 valence electrons. The zero-order chi connectivity index (χ0) is 11.3. The lowest BCUT2D eigenvalue weighted by molar-refractivity contribution is 0.238. The molecule has 1 heterocycles. The molecule has 0 saturated carbocycles. The van der Waals surface area contributed by atoms with Crippen LogP contribution in [0, 0.1) is 6.92 Å². The van der Waals surface area contributed by atoms with Gasteiger partial charge >= 0.3 is 6.03 Å². The maximum absolute atomic E-state index is 11.2. The Hall–Kier alpha value is -1.52. The first-order valence-corrected chi connectivity index (χ1v) is 5.04. The number of nitrogens with one attached hydrogen (secondary N) is 2. The van der Waals surface area contributed by atoms with Gasteiger partial charge in [0.2, 0.25) is 0 Å². The van der Waals surface area contributed by atoms with Crippen LogP contribution in [0.15, 0.2) is 10.6 Å². The third-order valence-electron chi connectivity index (χ3n) is 1.75. The van der Waals surface area contributed by atoms with Crippen molar-refractivity contribution in [2.45, 2.75) is 33.2 Å². The topological polar surface area (TPSA) is 67.2 Å². The smallest absolute Gasteiger partial charge is 0.314 e. The Morgan fingerprint density at radius 3 is 2.87 bits per heavy atom. The van der Waals surface area contributed by atoms with Crippen molar-refractivity contribution in [3.05, 3.63) is 17.5 Å². The van der Waals surface area contributed by atoms with E-state index in [9.17, 15) is 4.79 Å². The zero-order valence-electron chi connectivity index (χ0n) is 9.33. The van der Waals surface area contributed by atoms with Gasteiger partial charge in [0.25, 0.3) is 0 Å². The van der Waals surface area contributed by atoms with E-state index >= 15 is 0 Å². The molecule has 0 bridgehead atoms. The van der Waals surface area contributed by atoms with Crippen molar-refractivity contribution in [1.29, 1.82) is 0 Å². The summed E-state index contributed by atoms with van der Waals surface area (Å²) < 4.78 is 5.01. The van der Waals surface area contributed by atoms with Gasteiger partial charge in [-0.2, -0.15) is 0 Å². The van der Waals surface area contributed by atoms with Crippen molar-refractivity contribution in [3.8, 4) is 0 Å². The number of nitrogens with zero attached hydrogens (tertiary/aromatic N) is 1.